The summed E-state index contributed by atoms with van der Waals surface area (Å²) in [7, 11) is 0. The third-order valence-electron chi connectivity index (χ3n) is 1.39. The van der Waals surface area contributed by atoms with E-state index in [-0.39, 0.29) is 0 Å². The van der Waals surface area contributed by atoms with Crippen LogP contribution in [0, 0.1) is 0 Å². The largest absolute Gasteiger partial charge is 0.0991 e. The van der Waals surface area contributed by atoms with Crippen LogP contribution >= 0.6 is 0 Å². The molecule has 0 unspecified atom stereocenters. The molecule has 0 aliphatic rings. The third kappa shape index (κ3) is 3.29. The van der Waals surface area contributed by atoms with Crippen LogP contribution in [0.25, 0.3) is 0 Å². The highest BCUT2D eigenvalue weighted by molar-refractivity contribution is 5.29. The minimum Gasteiger partial charge on any atom is -0.0991 e. The lowest BCUT2D eigenvalue weighted by Gasteiger charge is -2.02. The topological polar surface area (TPSA) is 0 Å². The van der Waals surface area contributed by atoms with Gasteiger partial charge in [-0.1, -0.05) is 44.2 Å². The summed E-state index contributed by atoms with van der Waals surface area (Å²) in [6.07, 6.45) is 6.14. The second-order valence-corrected chi connectivity index (χ2v) is 2.46. The summed E-state index contributed by atoms with van der Waals surface area (Å²) < 4.78 is 0. The first-order chi connectivity index (χ1) is 4.72. The van der Waals surface area contributed by atoms with Crippen LogP contribution in [-0.2, 0) is 0 Å². The first-order valence-electron chi connectivity index (χ1n) is 3.69. The van der Waals surface area contributed by atoms with Crippen LogP contribution in [0.1, 0.15) is 26.7 Å². The standard InChI is InChI=1S/C10H16/c1-5-7-10(8-6-2)9(3)4/h5,7H,1,3,6,8H2,2,4H3/b10-7-. The fourth-order valence-corrected chi connectivity index (χ4v) is 0.851. The normalized spacial score (nSPS) is 11.2. The Morgan fingerprint density at radius 3 is 2.40 bits per heavy atom. The fraction of sp³-hybridized carbons (Fsp3) is 0.400. The number of allylic oxidation sites excluding steroid dienone is 4. The van der Waals surface area contributed by atoms with Crippen molar-refractivity contribution in [3.05, 3.63) is 36.5 Å². The molecule has 0 atom stereocenters. The quantitative estimate of drug-likeness (QED) is 0.519. The third-order valence-corrected chi connectivity index (χ3v) is 1.39. The second kappa shape index (κ2) is 5.04. The van der Waals surface area contributed by atoms with Crippen molar-refractivity contribution in [2.45, 2.75) is 26.7 Å². The van der Waals surface area contributed by atoms with Gasteiger partial charge in [-0.05, 0) is 18.9 Å². The lowest BCUT2D eigenvalue weighted by Crippen LogP contribution is -1.82. The summed E-state index contributed by atoms with van der Waals surface area (Å²) >= 11 is 0. The molecule has 0 rings (SSSR count). The van der Waals surface area contributed by atoms with E-state index >= 15 is 0 Å². The first-order valence-corrected chi connectivity index (χ1v) is 3.69. The van der Waals surface area contributed by atoms with Crippen LogP contribution < -0.4 is 0 Å². The Morgan fingerprint density at radius 1 is 1.50 bits per heavy atom. The summed E-state index contributed by atoms with van der Waals surface area (Å²) in [5.74, 6) is 0. The maximum atomic E-state index is 3.88. The molecular weight excluding hydrogens is 120 g/mol. The van der Waals surface area contributed by atoms with Crippen LogP contribution in [-0.4, -0.2) is 0 Å². The van der Waals surface area contributed by atoms with Gasteiger partial charge in [-0.2, -0.15) is 0 Å². The molecule has 0 aliphatic heterocycles. The maximum Gasteiger partial charge on any atom is -0.0279 e. The molecule has 0 amide bonds. The van der Waals surface area contributed by atoms with Crippen molar-refractivity contribution in [2.75, 3.05) is 0 Å². The lowest BCUT2D eigenvalue weighted by atomic mass is 10.0. The molecule has 0 aromatic rings. The van der Waals surface area contributed by atoms with Crippen molar-refractivity contribution < 1.29 is 0 Å². The van der Waals surface area contributed by atoms with Crippen LogP contribution in [0.3, 0.4) is 0 Å². The molecule has 0 spiro atoms. The molecule has 0 aromatic heterocycles. The highest BCUT2D eigenvalue weighted by atomic mass is 14.0. The average molecular weight is 136 g/mol. The SMILES string of the molecule is C=C/C=C(/CCC)C(=C)C. The average Bonchev–Trinajstić information content (AvgIpc) is 1.87. The van der Waals surface area contributed by atoms with E-state index in [1.807, 2.05) is 19.1 Å². The fourth-order valence-electron chi connectivity index (χ4n) is 0.851. The molecule has 0 fully saturated rings. The van der Waals surface area contributed by atoms with Crippen molar-refractivity contribution in [3.8, 4) is 0 Å². The van der Waals surface area contributed by atoms with Crippen molar-refractivity contribution in [2.24, 2.45) is 0 Å². The molecule has 0 saturated heterocycles. The van der Waals surface area contributed by atoms with Gasteiger partial charge in [-0.3, -0.25) is 0 Å². The molecule has 0 bridgehead atoms. The van der Waals surface area contributed by atoms with Crippen LogP contribution in [0.5, 0.6) is 0 Å². The molecule has 0 saturated carbocycles. The zero-order valence-electron chi connectivity index (χ0n) is 6.98. The Kier molecular flexibility index (Phi) is 4.65. The van der Waals surface area contributed by atoms with E-state index in [0.29, 0.717) is 0 Å². The van der Waals surface area contributed by atoms with Gasteiger partial charge in [0.15, 0.2) is 0 Å². The smallest absolute Gasteiger partial charge is 0.0279 e. The van der Waals surface area contributed by atoms with Gasteiger partial charge in [0.25, 0.3) is 0 Å². The van der Waals surface area contributed by atoms with Gasteiger partial charge in [0.05, 0.1) is 0 Å². The van der Waals surface area contributed by atoms with Gasteiger partial charge < -0.3 is 0 Å². The zero-order chi connectivity index (χ0) is 7.98. The Hall–Kier alpha value is -0.780. The van der Waals surface area contributed by atoms with Crippen LogP contribution in [0.2, 0.25) is 0 Å². The van der Waals surface area contributed by atoms with Gasteiger partial charge >= 0.3 is 0 Å². The molecular formula is C10H16. The monoisotopic (exact) mass is 136 g/mol. The zero-order valence-corrected chi connectivity index (χ0v) is 6.98. The molecule has 0 N–H and O–H groups in total. The molecule has 56 valence electrons. The van der Waals surface area contributed by atoms with Crippen molar-refractivity contribution in [1.29, 1.82) is 0 Å². The minimum absolute atomic E-state index is 1.11. The number of rotatable bonds is 4. The van der Waals surface area contributed by atoms with Crippen LogP contribution in [0.4, 0.5) is 0 Å². The van der Waals surface area contributed by atoms with Crippen molar-refractivity contribution >= 4 is 0 Å². The lowest BCUT2D eigenvalue weighted by molar-refractivity contribution is 0.913. The molecule has 10 heavy (non-hydrogen) atoms. The predicted molar refractivity (Wildman–Crippen MR) is 48.0 cm³/mol. The van der Waals surface area contributed by atoms with Gasteiger partial charge in [-0.15, -0.1) is 0 Å². The highest BCUT2D eigenvalue weighted by Gasteiger charge is 1.92. The van der Waals surface area contributed by atoms with E-state index in [1.54, 1.807) is 0 Å². The molecule has 0 aromatic carbocycles. The summed E-state index contributed by atoms with van der Waals surface area (Å²) in [4.78, 5) is 0. The predicted octanol–water partition coefficient (Wildman–Crippen LogP) is 3.48. The van der Waals surface area contributed by atoms with Gasteiger partial charge in [0, 0.05) is 0 Å². The van der Waals surface area contributed by atoms with E-state index in [9.17, 15) is 0 Å². The number of hydrogen-bond acceptors (Lipinski definition) is 0. The van der Waals surface area contributed by atoms with E-state index < -0.39 is 0 Å². The van der Waals surface area contributed by atoms with E-state index in [4.69, 9.17) is 0 Å². The van der Waals surface area contributed by atoms with E-state index in [1.165, 1.54) is 12.0 Å². The van der Waals surface area contributed by atoms with Gasteiger partial charge in [0.1, 0.15) is 0 Å². The molecule has 0 aliphatic carbocycles. The summed E-state index contributed by atoms with van der Waals surface area (Å²) in [5.41, 5.74) is 2.47. The summed E-state index contributed by atoms with van der Waals surface area (Å²) in [6.45, 7) is 11.7. The number of hydrogen-bond donors (Lipinski definition) is 0. The molecule has 0 nitrogen and oxygen atoms in total. The maximum absolute atomic E-state index is 3.88. The Labute approximate surface area is 64.0 Å². The summed E-state index contributed by atoms with van der Waals surface area (Å²) in [5, 5.41) is 0. The minimum atomic E-state index is 1.11. The van der Waals surface area contributed by atoms with Gasteiger partial charge in [-0.25, -0.2) is 0 Å². The molecule has 0 heteroatoms. The summed E-state index contributed by atoms with van der Waals surface area (Å²) in [6, 6.07) is 0. The second-order valence-electron chi connectivity index (χ2n) is 2.46. The Balaban J connectivity index is 4.11. The van der Waals surface area contributed by atoms with Crippen molar-refractivity contribution in [3.63, 3.8) is 0 Å². The Bertz CT molecular complexity index is 149. The molecule has 0 radical (unpaired) electrons. The van der Waals surface area contributed by atoms with E-state index in [2.05, 4.69) is 20.1 Å². The van der Waals surface area contributed by atoms with Gasteiger partial charge in [0.2, 0.25) is 0 Å². The highest BCUT2D eigenvalue weighted by Crippen LogP contribution is 2.12. The molecule has 0 heterocycles. The van der Waals surface area contributed by atoms with E-state index in [0.717, 1.165) is 12.0 Å². The van der Waals surface area contributed by atoms with Crippen LogP contribution in [0.15, 0.2) is 36.5 Å². The first kappa shape index (κ1) is 9.22. The Morgan fingerprint density at radius 2 is 2.10 bits per heavy atom. The van der Waals surface area contributed by atoms with Crippen molar-refractivity contribution in [1.82, 2.24) is 0 Å².